The van der Waals surface area contributed by atoms with Gasteiger partial charge in [-0.05, 0) is 51.6 Å². The first kappa shape index (κ1) is 13.3. The predicted molar refractivity (Wildman–Crippen MR) is 69.1 cm³/mol. The van der Waals surface area contributed by atoms with Crippen molar-refractivity contribution in [1.82, 2.24) is 4.90 Å². The summed E-state index contributed by atoms with van der Waals surface area (Å²) in [5.41, 5.74) is 0. The standard InChI is InChI=1S/C14H27NO2/c1-15(13-4-2-3-5-14(13)16)9-6-12-7-10-17-11-8-12/h12-14,16H,2-11H2,1H3. The second-order valence-corrected chi connectivity index (χ2v) is 5.74. The van der Waals surface area contributed by atoms with Crippen LogP contribution in [0.25, 0.3) is 0 Å². The largest absolute Gasteiger partial charge is 0.391 e. The molecule has 1 heterocycles. The highest BCUT2D eigenvalue weighted by Gasteiger charge is 2.26. The van der Waals surface area contributed by atoms with Gasteiger partial charge < -0.3 is 14.7 Å². The fraction of sp³-hybridized carbons (Fsp3) is 1.00. The van der Waals surface area contributed by atoms with Crippen molar-refractivity contribution in [2.45, 2.75) is 57.1 Å². The molecule has 2 atom stereocenters. The van der Waals surface area contributed by atoms with Crippen LogP contribution in [0.3, 0.4) is 0 Å². The minimum absolute atomic E-state index is 0.0940. The number of likely N-dealkylation sites (N-methyl/N-ethyl adjacent to an activating group) is 1. The van der Waals surface area contributed by atoms with Crippen molar-refractivity contribution < 1.29 is 9.84 Å². The summed E-state index contributed by atoms with van der Waals surface area (Å²) in [5, 5.41) is 10.0. The first-order chi connectivity index (χ1) is 8.27. The van der Waals surface area contributed by atoms with Crippen molar-refractivity contribution in [3.05, 3.63) is 0 Å². The minimum Gasteiger partial charge on any atom is -0.391 e. The summed E-state index contributed by atoms with van der Waals surface area (Å²) in [7, 11) is 2.18. The van der Waals surface area contributed by atoms with Crippen LogP contribution < -0.4 is 0 Å². The Morgan fingerprint density at radius 1 is 1.12 bits per heavy atom. The predicted octanol–water partition coefficient (Wildman–Crippen LogP) is 2.04. The van der Waals surface area contributed by atoms with Gasteiger partial charge in [-0.2, -0.15) is 0 Å². The van der Waals surface area contributed by atoms with Crippen molar-refractivity contribution in [3.63, 3.8) is 0 Å². The van der Waals surface area contributed by atoms with Crippen LogP contribution in [0.1, 0.15) is 44.9 Å². The number of rotatable bonds is 4. The molecular formula is C14H27NO2. The van der Waals surface area contributed by atoms with Crippen LogP contribution >= 0.6 is 0 Å². The van der Waals surface area contributed by atoms with Crippen molar-refractivity contribution in [1.29, 1.82) is 0 Å². The van der Waals surface area contributed by atoms with Crippen LogP contribution in [0, 0.1) is 5.92 Å². The summed E-state index contributed by atoms with van der Waals surface area (Å²) in [5.74, 6) is 0.840. The van der Waals surface area contributed by atoms with E-state index in [1.165, 1.54) is 38.5 Å². The van der Waals surface area contributed by atoms with E-state index in [2.05, 4.69) is 11.9 Å². The molecule has 0 spiro atoms. The Morgan fingerprint density at radius 3 is 2.53 bits per heavy atom. The van der Waals surface area contributed by atoms with Gasteiger partial charge in [-0.25, -0.2) is 0 Å². The zero-order chi connectivity index (χ0) is 12.1. The molecule has 0 aromatic heterocycles. The molecule has 0 aromatic carbocycles. The highest BCUT2D eigenvalue weighted by molar-refractivity contribution is 4.81. The lowest BCUT2D eigenvalue weighted by atomic mass is 9.90. The van der Waals surface area contributed by atoms with Gasteiger partial charge in [0, 0.05) is 19.3 Å². The fourth-order valence-electron chi connectivity index (χ4n) is 3.19. The molecule has 17 heavy (non-hydrogen) atoms. The first-order valence-corrected chi connectivity index (χ1v) is 7.23. The average molecular weight is 241 g/mol. The second-order valence-electron chi connectivity index (χ2n) is 5.74. The van der Waals surface area contributed by atoms with Crippen LogP contribution in [0.4, 0.5) is 0 Å². The molecule has 1 N–H and O–H groups in total. The van der Waals surface area contributed by atoms with E-state index in [4.69, 9.17) is 4.74 Å². The minimum atomic E-state index is -0.0940. The second kappa shape index (κ2) is 6.72. The van der Waals surface area contributed by atoms with Crippen LogP contribution in [0.5, 0.6) is 0 Å². The third kappa shape index (κ3) is 3.94. The molecule has 0 radical (unpaired) electrons. The normalized spacial score (nSPS) is 31.9. The third-order valence-corrected chi connectivity index (χ3v) is 4.49. The maximum Gasteiger partial charge on any atom is 0.0695 e. The van der Waals surface area contributed by atoms with Crippen molar-refractivity contribution in [2.75, 3.05) is 26.8 Å². The number of hydrogen-bond acceptors (Lipinski definition) is 3. The van der Waals surface area contributed by atoms with Gasteiger partial charge in [-0.1, -0.05) is 12.8 Å². The molecule has 0 amide bonds. The van der Waals surface area contributed by atoms with E-state index in [9.17, 15) is 5.11 Å². The first-order valence-electron chi connectivity index (χ1n) is 7.23. The Balaban J connectivity index is 1.70. The zero-order valence-electron chi connectivity index (χ0n) is 11.1. The lowest BCUT2D eigenvalue weighted by Crippen LogP contribution is -2.44. The lowest BCUT2D eigenvalue weighted by Gasteiger charge is -2.36. The van der Waals surface area contributed by atoms with E-state index in [-0.39, 0.29) is 6.10 Å². The summed E-state index contributed by atoms with van der Waals surface area (Å²) < 4.78 is 5.39. The zero-order valence-corrected chi connectivity index (χ0v) is 11.1. The molecule has 3 nitrogen and oxygen atoms in total. The fourth-order valence-corrected chi connectivity index (χ4v) is 3.19. The molecule has 2 rings (SSSR count). The van der Waals surface area contributed by atoms with E-state index < -0.39 is 0 Å². The summed E-state index contributed by atoms with van der Waals surface area (Å²) >= 11 is 0. The third-order valence-electron chi connectivity index (χ3n) is 4.49. The number of nitrogens with zero attached hydrogens (tertiary/aromatic N) is 1. The molecule has 1 saturated carbocycles. The molecule has 2 unspecified atom stereocenters. The number of aliphatic hydroxyl groups is 1. The maximum atomic E-state index is 10.0. The van der Waals surface area contributed by atoms with E-state index in [0.29, 0.717) is 6.04 Å². The monoisotopic (exact) mass is 241 g/mol. The average Bonchev–Trinajstić information content (AvgIpc) is 2.38. The van der Waals surface area contributed by atoms with Crippen molar-refractivity contribution >= 4 is 0 Å². The highest BCUT2D eigenvalue weighted by Crippen LogP contribution is 2.24. The molecule has 100 valence electrons. The van der Waals surface area contributed by atoms with E-state index in [1.807, 2.05) is 0 Å². The molecule has 3 heteroatoms. The molecule has 0 bridgehead atoms. The Labute approximate surface area is 105 Å². The molecule has 2 fully saturated rings. The SMILES string of the molecule is CN(CCC1CCOCC1)C1CCCCC1O. The molecule has 1 saturated heterocycles. The number of ether oxygens (including phenoxy) is 1. The van der Waals surface area contributed by atoms with Gasteiger partial charge in [0.25, 0.3) is 0 Å². The van der Waals surface area contributed by atoms with Crippen molar-refractivity contribution in [3.8, 4) is 0 Å². The van der Waals surface area contributed by atoms with Gasteiger partial charge in [0.1, 0.15) is 0 Å². The summed E-state index contributed by atoms with van der Waals surface area (Å²) in [6, 6.07) is 0.406. The number of aliphatic hydroxyl groups excluding tert-OH is 1. The van der Waals surface area contributed by atoms with Gasteiger partial charge >= 0.3 is 0 Å². The van der Waals surface area contributed by atoms with Crippen LogP contribution in [0.2, 0.25) is 0 Å². The van der Waals surface area contributed by atoms with Crippen LogP contribution in [-0.2, 0) is 4.74 Å². The van der Waals surface area contributed by atoms with E-state index in [1.54, 1.807) is 0 Å². The van der Waals surface area contributed by atoms with Crippen LogP contribution in [-0.4, -0.2) is 49.0 Å². The lowest BCUT2D eigenvalue weighted by molar-refractivity contribution is 0.0228. The summed E-state index contributed by atoms with van der Waals surface area (Å²) in [4.78, 5) is 2.39. The molecular weight excluding hydrogens is 214 g/mol. The Bertz CT molecular complexity index is 216. The summed E-state index contributed by atoms with van der Waals surface area (Å²) in [6.07, 6.45) is 8.26. The topological polar surface area (TPSA) is 32.7 Å². The van der Waals surface area contributed by atoms with Gasteiger partial charge in [-0.3, -0.25) is 0 Å². The van der Waals surface area contributed by atoms with Crippen molar-refractivity contribution in [2.24, 2.45) is 5.92 Å². The Hall–Kier alpha value is -0.120. The molecule has 1 aliphatic carbocycles. The number of hydrogen-bond donors (Lipinski definition) is 1. The van der Waals surface area contributed by atoms with Gasteiger partial charge in [-0.15, -0.1) is 0 Å². The van der Waals surface area contributed by atoms with E-state index >= 15 is 0 Å². The van der Waals surface area contributed by atoms with Crippen LogP contribution in [0.15, 0.2) is 0 Å². The van der Waals surface area contributed by atoms with Gasteiger partial charge in [0.2, 0.25) is 0 Å². The quantitative estimate of drug-likeness (QED) is 0.817. The molecule has 1 aliphatic heterocycles. The van der Waals surface area contributed by atoms with Gasteiger partial charge in [0.15, 0.2) is 0 Å². The smallest absolute Gasteiger partial charge is 0.0695 e. The van der Waals surface area contributed by atoms with E-state index in [0.717, 1.165) is 32.1 Å². The van der Waals surface area contributed by atoms with Gasteiger partial charge in [0.05, 0.1) is 6.10 Å². The summed E-state index contributed by atoms with van der Waals surface area (Å²) in [6.45, 7) is 3.02. The molecule has 0 aromatic rings. The molecule has 2 aliphatic rings. The highest BCUT2D eigenvalue weighted by atomic mass is 16.5. The Kier molecular flexibility index (Phi) is 5.26. The Morgan fingerprint density at radius 2 is 1.82 bits per heavy atom. The maximum absolute atomic E-state index is 10.0.